The van der Waals surface area contributed by atoms with Crippen molar-refractivity contribution in [1.82, 2.24) is 5.32 Å². The highest BCUT2D eigenvalue weighted by molar-refractivity contribution is 5.74. The Morgan fingerprint density at radius 1 is 1.47 bits per heavy atom. The molecule has 0 amide bonds. The summed E-state index contributed by atoms with van der Waals surface area (Å²) in [5.41, 5.74) is 2.52. The topological polar surface area (TPSA) is 49.3 Å². The average molecular weight is 205 g/mol. The van der Waals surface area contributed by atoms with Gasteiger partial charge >= 0.3 is 5.97 Å². The lowest BCUT2D eigenvalue weighted by molar-refractivity contribution is -0.139. The molecule has 1 aromatic carbocycles. The van der Waals surface area contributed by atoms with Crippen LogP contribution in [0.2, 0.25) is 0 Å². The van der Waals surface area contributed by atoms with Gasteiger partial charge in [-0.1, -0.05) is 24.3 Å². The second kappa shape index (κ2) is 4.03. The number of rotatable bonds is 2. The molecule has 1 heterocycles. The maximum Gasteiger partial charge on any atom is 0.320 e. The number of nitrogens with one attached hydrogen (secondary N) is 1. The number of carboxylic acids is 1. The van der Waals surface area contributed by atoms with Crippen LogP contribution in [0.25, 0.3) is 0 Å². The van der Waals surface area contributed by atoms with Gasteiger partial charge in [0.15, 0.2) is 0 Å². The van der Waals surface area contributed by atoms with Crippen LogP contribution in [-0.4, -0.2) is 23.7 Å². The van der Waals surface area contributed by atoms with Gasteiger partial charge in [-0.05, 0) is 30.4 Å². The zero-order chi connectivity index (χ0) is 10.8. The molecule has 80 valence electrons. The van der Waals surface area contributed by atoms with Crippen molar-refractivity contribution in [2.75, 3.05) is 6.54 Å². The Kier molecular flexibility index (Phi) is 2.73. The van der Waals surface area contributed by atoms with E-state index in [2.05, 4.69) is 24.4 Å². The summed E-state index contributed by atoms with van der Waals surface area (Å²) >= 11 is 0. The van der Waals surface area contributed by atoms with Gasteiger partial charge in [-0.3, -0.25) is 4.79 Å². The first-order chi connectivity index (χ1) is 7.18. The van der Waals surface area contributed by atoms with Crippen molar-refractivity contribution in [3.63, 3.8) is 0 Å². The molecule has 0 saturated carbocycles. The number of hydrogen-bond acceptors (Lipinski definition) is 2. The molecule has 0 aliphatic carbocycles. The number of hydrogen-bond donors (Lipinski definition) is 2. The standard InChI is InChI=1S/C12H15NO2/c1-8-4-2-3-5-10(8)9-6-11(12(14)15)13-7-9/h2-5,9,11,13H,6-7H2,1H3,(H,14,15). The van der Waals surface area contributed by atoms with Crippen molar-refractivity contribution in [2.24, 2.45) is 0 Å². The van der Waals surface area contributed by atoms with Crippen LogP contribution in [0, 0.1) is 6.92 Å². The predicted octanol–water partition coefficient (Wildman–Crippen LogP) is 1.53. The van der Waals surface area contributed by atoms with E-state index in [1.807, 2.05) is 12.1 Å². The van der Waals surface area contributed by atoms with Gasteiger partial charge in [-0.2, -0.15) is 0 Å². The fourth-order valence-electron chi connectivity index (χ4n) is 2.21. The van der Waals surface area contributed by atoms with Gasteiger partial charge in [0.1, 0.15) is 6.04 Å². The van der Waals surface area contributed by atoms with E-state index in [0.29, 0.717) is 12.3 Å². The molecule has 3 nitrogen and oxygen atoms in total. The lowest BCUT2D eigenvalue weighted by Crippen LogP contribution is -2.29. The maximum absolute atomic E-state index is 10.8. The van der Waals surface area contributed by atoms with Crippen molar-refractivity contribution < 1.29 is 9.90 Å². The third-order valence-corrected chi connectivity index (χ3v) is 3.06. The molecule has 1 saturated heterocycles. The minimum Gasteiger partial charge on any atom is -0.480 e. The van der Waals surface area contributed by atoms with Gasteiger partial charge in [0.25, 0.3) is 0 Å². The largest absolute Gasteiger partial charge is 0.480 e. The van der Waals surface area contributed by atoms with Gasteiger partial charge in [-0.25, -0.2) is 0 Å². The van der Waals surface area contributed by atoms with Crippen molar-refractivity contribution in [3.05, 3.63) is 35.4 Å². The summed E-state index contributed by atoms with van der Waals surface area (Å²) < 4.78 is 0. The third kappa shape index (κ3) is 2.02. The van der Waals surface area contributed by atoms with Gasteiger partial charge in [0, 0.05) is 6.54 Å². The summed E-state index contributed by atoms with van der Waals surface area (Å²) in [7, 11) is 0. The molecule has 2 rings (SSSR count). The van der Waals surface area contributed by atoms with Crippen molar-refractivity contribution in [2.45, 2.75) is 25.3 Å². The van der Waals surface area contributed by atoms with Gasteiger partial charge in [-0.15, -0.1) is 0 Å². The lowest BCUT2D eigenvalue weighted by atomic mass is 9.93. The highest BCUT2D eigenvalue weighted by atomic mass is 16.4. The molecule has 2 atom stereocenters. The Balaban J connectivity index is 2.14. The van der Waals surface area contributed by atoms with E-state index >= 15 is 0 Å². The lowest BCUT2D eigenvalue weighted by Gasteiger charge is -2.11. The summed E-state index contributed by atoms with van der Waals surface area (Å²) in [6, 6.07) is 7.80. The molecule has 3 heteroatoms. The Morgan fingerprint density at radius 3 is 2.80 bits per heavy atom. The Morgan fingerprint density at radius 2 is 2.20 bits per heavy atom. The van der Waals surface area contributed by atoms with Crippen LogP contribution in [0.1, 0.15) is 23.5 Å². The van der Waals surface area contributed by atoms with Crippen LogP contribution < -0.4 is 5.32 Å². The molecule has 1 aliphatic heterocycles. The van der Waals surface area contributed by atoms with Crippen LogP contribution in [0.15, 0.2) is 24.3 Å². The van der Waals surface area contributed by atoms with Crippen molar-refractivity contribution in [3.8, 4) is 0 Å². The molecule has 0 radical (unpaired) electrons. The Bertz CT molecular complexity index is 376. The molecule has 2 unspecified atom stereocenters. The molecular weight excluding hydrogens is 190 g/mol. The third-order valence-electron chi connectivity index (χ3n) is 3.06. The zero-order valence-electron chi connectivity index (χ0n) is 8.73. The van der Waals surface area contributed by atoms with Crippen LogP contribution in [0.5, 0.6) is 0 Å². The quantitative estimate of drug-likeness (QED) is 0.769. The van der Waals surface area contributed by atoms with Crippen molar-refractivity contribution >= 4 is 5.97 Å². The van der Waals surface area contributed by atoms with Crippen LogP contribution in [0.3, 0.4) is 0 Å². The molecular formula is C12H15NO2. The average Bonchev–Trinajstić information content (AvgIpc) is 2.67. The summed E-state index contributed by atoms with van der Waals surface area (Å²) in [6.45, 7) is 2.84. The first-order valence-electron chi connectivity index (χ1n) is 5.20. The summed E-state index contributed by atoms with van der Waals surface area (Å²) in [5.74, 6) is -0.404. The molecule has 0 aromatic heterocycles. The molecule has 0 spiro atoms. The second-order valence-electron chi connectivity index (χ2n) is 4.09. The maximum atomic E-state index is 10.8. The number of aryl methyl sites for hydroxylation is 1. The van der Waals surface area contributed by atoms with E-state index in [1.54, 1.807) is 0 Å². The zero-order valence-corrected chi connectivity index (χ0v) is 8.73. The number of carboxylic acid groups (broad SMARTS) is 1. The minimum absolute atomic E-state index is 0.340. The smallest absolute Gasteiger partial charge is 0.320 e. The first-order valence-corrected chi connectivity index (χ1v) is 5.20. The number of benzene rings is 1. The minimum atomic E-state index is -0.744. The van der Waals surface area contributed by atoms with Gasteiger partial charge < -0.3 is 10.4 Å². The number of aliphatic carboxylic acids is 1. The Labute approximate surface area is 89.1 Å². The molecule has 1 aromatic rings. The fraction of sp³-hybridized carbons (Fsp3) is 0.417. The molecule has 0 bridgehead atoms. The molecule has 2 N–H and O–H groups in total. The van der Waals surface area contributed by atoms with Crippen LogP contribution >= 0.6 is 0 Å². The summed E-state index contributed by atoms with van der Waals surface area (Å²) in [4.78, 5) is 10.8. The molecule has 15 heavy (non-hydrogen) atoms. The highest BCUT2D eigenvalue weighted by Crippen LogP contribution is 2.27. The summed E-state index contributed by atoms with van der Waals surface area (Å²) in [6.07, 6.45) is 0.695. The second-order valence-corrected chi connectivity index (χ2v) is 4.09. The van der Waals surface area contributed by atoms with E-state index in [-0.39, 0.29) is 6.04 Å². The van der Waals surface area contributed by atoms with E-state index in [1.165, 1.54) is 11.1 Å². The van der Waals surface area contributed by atoms with E-state index in [9.17, 15) is 4.79 Å². The van der Waals surface area contributed by atoms with E-state index < -0.39 is 5.97 Å². The number of carbonyl (C=O) groups is 1. The normalized spacial score (nSPS) is 25.4. The summed E-state index contributed by atoms with van der Waals surface area (Å²) in [5, 5.41) is 11.9. The SMILES string of the molecule is Cc1ccccc1C1CNC(C(=O)O)C1. The first kappa shape index (κ1) is 10.2. The van der Waals surface area contributed by atoms with E-state index in [0.717, 1.165) is 6.54 Å². The monoisotopic (exact) mass is 205 g/mol. The van der Waals surface area contributed by atoms with Crippen LogP contribution in [-0.2, 0) is 4.79 Å². The van der Waals surface area contributed by atoms with Crippen LogP contribution in [0.4, 0.5) is 0 Å². The fourth-order valence-corrected chi connectivity index (χ4v) is 2.21. The molecule has 1 fully saturated rings. The van der Waals surface area contributed by atoms with Gasteiger partial charge in [0.2, 0.25) is 0 Å². The molecule has 1 aliphatic rings. The van der Waals surface area contributed by atoms with E-state index in [4.69, 9.17) is 5.11 Å². The van der Waals surface area contributed by atoms with Gasteiger partial charge in [0.05, 0.1) is 0 Å². The predicted molar refractivity (Wildman–Crippen MR) is 58.0 cm³/mol. The Hall–Kier alpha value is -1.35. The highest BCUT2D eigenvalue weighted by Gasteiger charge is 2.30. The van der Waals surface area contributed by atoms with Crippen molar-refractivity contribution in [1.29, 1.82) is 0 Å².